The Bertz CT molecular complexity index is 666. The van der Waals surface area contributed by atoms with Crippen LogP contribution in [0.15, 0.2) is 24.3 Å². The third kappa shape index (κ3) is 2.31. The minimum absolute atomic E-state index is 0.0669. The number of carboxylic acid groups (broad SMARTS) is 1. The third-order valence-electron chi connectivity index (χ3n) is 3.74. The molecular formula is C15H15ClN2O2. The fourth-order valence-electron chi connectivity index (χ4n) is 2.73. The summed E-state index contributed by atoms with van der Waals surface area (Å²) < 4.78 is 0. The van der Waals surface area contributed by atoms with Crippen LogP contribution in [0, 0.1) is 0 Å². The van der Waals surface area contributed by atoms with Gasteiger partial charge in [0.15, 0.2) is 0 Å². The SMILES string of the molecule is O=C(O)c1c(NC2CCCC2)nc2ccccc2c1Cl. The van der Waals surface area contributed by atoms with Crippen molar-refractivity contribution >= 4 is 34.3 Å². The number of carboxylic acids is 1. The zero-order valence-electron chi connectivity index (χ0n) is 10.9. The number of carbonyl (C=O) groups is 1. The van der Waals surface area contributed by atoms with Gasteiger partial charge in [0.05, 0.1) is 10.5 Å². The number of benzene rings is 1. The number of nitrogens with one attached hydrogen (secondary N) is 1. The quantitative estimate of drug-likeness (QED) is 0.899. The summed E-state index contributed by atoms with van der Waals surface area (Å²) in [5, 5.41) is 13.6. The number of halogens is 1. The van der Waals surface area contributed by atoms with Gasteiger partial charge in [-0.2, -0.15) is 0 Å². The Hall–Kier alpha value is -1.81. The fourth-order valence-corrected chi connectivity index (χ4v) is 3.06. The minimum Gasteiger partial charge on any atom is -0.478 e. The molecule has 0 saturated heterocycles. The number of rotatable bonds is 3. The van der Waals surface area contributed by atoms with Crippen LogP contribution in [0.25, 0.3) is 10.9 Å². The number of aromatic nitrogens is 1. The molecule has 3 rings (SSSR count). The van der Waals surface area contributed by atoms with Gasteiger partial charge in [0.1, 0.15) is 11.4 Å². The number of anilines is 1. The highest BCUT2D eigenvalue weighted by atomic mass is 35.5. The van der Waals surface area contributed by atoms with E-state index in [-0.39, 0.29) is 16.6 Å². The first-order valence-corrected chi connectivity index (χ1v) is 7.12. The van der Waals surface area contributed by atoms with Gasteiger partial charge in [-0.3, -0.25) is 0 Å². The van der Waals surface area contributed by atoms with Crippen molar-refractivity contribution in [2.45, 2.75) is 31.7 Å². The molecule has 4 nitrogen and oxygen atoms in total. The van der Waals surface area contributed by atoms with Crippen LogP contribution in [-0.2, 0) is 0 Å². The predicted octanol–water partition coefficient (Wildman–Crippen LogP) is 3.94. The molecule has 0 spiro atoms. The molecule has 0 radical (unpaired) electrons. The average molecular weight is 291 g/mol. The van der Waals surface area contributed by atoms with Crippen molar-refractivity contribution in [3.8, 4) is 0 Å². The highest BCUT2D eigenvalue weighted by Crippen LogP contribution is 2.32. The number of pyridine rings is 1. The second-order valence-corrected chi connectivity index (χ2v) is 5.48. The van der Waals surface area contributed by atoms with Crippen molar-refractivity contribution in [1.29, 1.82) is 0 Å². The lowest BCUT2D eigenvalue weighted by Gasteiger charge is -2.16. The van der Waals surface area contributed by atoms with Crippen LogP contribution in [0.3, 0.4) is 0 Å². The van der Waals surface area contributed by atoms with Crippen molar-refractivity contribution in [2.75, 3.05) is 5.32 Å². The summed E-state index contributed by atoms with van der Waals surface area (Å²) in [7, 11) is 0. The van der Waals surface area contributed by atoms with Crippen molar-refractivity contribution < 1.29 is 9.90 Å². The topological polar surface area (TPSA) is 62.2 Å². The Kier molecular flexibility index (Phi) is 3.49. The molecule has 2 N–H and O–H groups in total. The minimum atomic E-state index is -1.05. The Morgan fingerprint density at radius 1 is 1.30 bits per heavy atom. The number of fused-ring (bicyclic) bond motifs is 1. The van der Waals surface area contributed by atoms with E-state index in [1.807, 2.05) is 18.2 Å². The first-order chi connectivity index (χ1) is 9.66. The first-order valence-electron chi connectivity index (χ1n) is 6.75. The maximum atomic E-state index is 11.5. The molecule has 1 heterocycles. The molecule has 1 saturated carbocycles. The van der Waals surface area contributed by atoms with Crippen molar-refractivity contribution in [1.82, 2.24) is 4.98 Å². The standard InChI is InChI=1S/C15H15ClN2O2/c16-13-10-7-3-4-8-11(10)18-14(12(13)15(19)20)17-9-5-1-2-6-9/h3-4,7-9H,1-2,5-6H2,(H,17,18)(H,19,20). The second kappa shape index (κ2) is 5.29. The highest BCUT2D eigenvalue weighted by Gasteiger charge is 2.23. The number of aromatic carboxylic acids is 1. The number of para-hydroxylation sites is 1. The smallest absolute Gasteiger partial charge is 0.341 e. The summed E-state index contributed by atoms with van der Waals surface area (Å²) in [4.78, 5) is 15.9. The third-order valence-corrected chi connectivity index (χ3v) is 4.13. The van der Waals surface area contributed by atoms with E-state index in [9.17, 15) is 9.90 Å². The maximum Gasteiger partial charge on any atom is 0.341 e. The van der Waals surface area contributed by atoms with Crippen LogP contribution < -0.4 is 5.32 Å². The zero-order chi connectivity index (χ0) is 14.1. The molecule has 0 amide bonds. The van der Waals surface area contributed by atoms with E-state index in [2.05, 4.69) is 10.3 Å². The molecule has 0 aliphatic heterocycles. The fraction of sp³-hybridized carbons (Fsp3) is 0.333. The predicted molar refractivity (Wildman–Crippen MR) is 79.6 cm³/mol. The largest absolute Gasteiger partial charge is 0.478 e. The van der Waals surface area contributed by atoms with Gasteiger partial charge in [0.25, 0.3) is 0 Å². The first kappa shape index (κ1) is 13.2. The van der Waals surface area contributed by atoms with Gasteiger partial charge in [0.2, 0.25) is 0 Å². The maximum absolute atomic E-state index is 11.5. The van der Waals surface area contributed by atoms with Gasteiger partial charge < -0.3 is 10.4 Å². The summed E-state index contributed by atoms with van der Waals surface area (Å²) in [5.74, 6) is -0.665. The Morgan fingerprint density at radius 2 is 2.00 bits per heavy atom. The van der Waals surface area contributed by atoms with Gasteiger partial charge in [0, 0.05) is 11.4 Å². The monoisotopic (exact) mass is 290 g/mol. The molecule has 0 unspecified atom stereocenters. The van der Waals surface area contributed by atoms with E-state index in [1.165, 1.54) is 12.8 Å². The van der Waals surface area contributed by atoms with Crippen LogP contribution in [0.2, 0.25) is 5.02 Å². The molecule has 1 aliphatic rings. The molecule has 0 bridgehead atoms. The van der Waals surface area contributed by atoms with E-state index in [4.69, 9.17) is 11.6 Å². The molecule has 1 fully saturated rings. The lowest BCUT2D eigenvalue weighted by atomic mass is 10.1. The van der Waals surface area contributed by atoms with Crippen LogP contribution in [-0.4, -0.2) is 22.1 Å². The normalized spacial score (nSPS) is 15.7. The van der Waals surface area contributed by atoms with Crippen LogP contribution >= 0.6 is 11.6 Å². The summed E-state index contributed by atoms with van der Waals surface area (Å²) in [6.07, 6.45) is 4.43. The van der Waals surface area contributed by atoms with Crippen LogP contribution in [0.4, 0.5) is 5.82 Å². The van der Waals surface area contributed by atoms with Gasteiger partial charge in [-0.15, -0.1) is 0 Å². The molecule has 2 aromatic rings. The summed E-state index contributed by atoms with van der Waals surface area (Å²) >= 11 is 6.27. The van der Waals surface area contributed by atoms with Gasteiger partial charge in [-0.25, -0.2) is 9.78 Å². The lowest BCUT2D eigenvalue weighted by Crippen LogP contribution is -2.18. The Balaban J connectivity index is 2.12. The van der Waals surface area contributed by atoms with E-state index in [0.29, 0.717) is 16.7 Å². The van der Waals surface area contributed by atoms with Crippen LogP contribution in [0.1, 0.15) is 36.0 Å². The van der Waals surface area contributed by atoms with E-state index in [1.54, 1.807) is 6.07 Å². The summed E-state index contributed by atoms with van der Waals surface area (Å²) in [6.45, 7) is 0. The second-order valence-electron chi connectivity index (χ2n) is 5.10. The Morgan fingerprint density at radius 3 is 2.70 bits per heavy atom. The van der Waals surface area contributed by atoms with Gasteiger partial charge >= 0.3 is 5.97 Å². The van der Waals surface area contributed by atoms with Crippen LogP contribution in [0.5, 0.6) is 0 Å². The lowest BCUT2D eigenvalue weighted by molar-refractivity contribution is 0.0698. The van der Waals surface area contributed by atoms with E-state index >= 15 is 0 Å². The molecule has 1 aromatic carbocycles. The van der Waals surface area contributed by atoms with Crippen molar-refractivity contribution in [3.63, 3.8) is 0 Å². The van der Waals surface area contributed by atoms with Gasteiger partial charge in [-0.1, -0.05) is 42.6 Å². The highest BCUT2D eigenvalue weighted by molar-refractivity contribution is 6.38. The van der Waals surface area contributed by atoms with Crippen molar-refractivity contribution in [3.05, 3.63) is 34.9 Å². The average Bonchev–Trinajstić information content (AvgIpc) is 2.91. The molecular weight excluding hydrogens is 276 g/mol. The molecule has 104 valence electrons. The Labute approximate surface area is 121 Å². The summed E-state index contributed by atoms with van der Waals surface area (Å²) in [6, 6.07) is 7.61. The molecule has 5 heteroatoms. The van der Waals surface area contributed by atoms with E-state index < -0.39 is 5.97 Å². The number of nitrogens with zero attached hydrogens (tertiary/aromatic N) is 1. The molecule has 1 aliphatic carbocycles. The van der Waals surface area contributed by atoms with E-state index in [0.717, 1.165) is 12.8 Å². The molecule has 0 atom stereocenters. The number of hydrogen-bond donors (Lipinski definition) is 2. The number of hydrogen-bond acceptors (Lipinski definition) is 3. The summed E-state index contributed by atoms with van der Waals surface area (Å²) in [5.41, 5.74) is 0.778. The zero-order valence-corrected chi connectivity index (χ0v) is 11.7. The van der Waals surface area contributed by atoms with Crippen molar-refractivity contribution in [2.24, 2.45) is 0 Å². The molecule has 1 aromatic heterocycles. The van der Waals surface area contributed by atoms with Gasteiger partial charge in [-0.05, 0) is 18.9 Å². The molecule has 20 heavy (non-hydrogen) atoms.